The number of anilines is 1. The summed E-state index contributed by atoms with van der Waals surface area (Å²) in [6.07, 6.45) is -0.279. The first-order valence-electron chi connectivity index (χ1n) is 10.5. The summed E-state index contributed by atoms with van der Waals surface area (Å²) in [6, 6.07) is 18.9. The van der Waals surface area contributed by atoms with E-state index in [0.29, 0.717) is 23.4 Å². The third-order valence-corrected chi connectivity index (χ3v) is 6.48. The second-order valence-electron chi connectivity index (χ2n) is 8.49. The molecule has 4 rings (SSSR count). The molecule has 1 aliphatic rings. The highest BCUT2D eigenvalue weighted by Crippen LogP contribution is 2.44. The van der Waals surface area contributed by atoms with Gasteiger partial charge < -0.3 is 10.0 Å². The average molecular weight is 414 g/mol. The molecule has 0 bridgehead atoms. The summed E-state index contributed by atoms with van der Waals surface area (Å²) in [7, 11) is 0. The Morgan fingerprint density at radius 1 is 0.903 bits per heavy atom. The highest BCUT2D eigenvalue weighted by atomic mass is 16.3. The molecular weight excluding hydrogens is 386 g/mol. The number of rotatable bonds is 5. The molecule has 0 fully saturated rings. The molecule has 31 heavy (non-hydrogen) atoms. The number of hydrogen-bond acceptors (Lipinski definition) is 3. The molecular formula is C27H27NO3. The molecule has 0 aromatic heterocycles. The fraction of sp³-hybridized carbons (Fsp3) is 0.259. The van der Waals surface area contributed by atoms with E-state index in [2.05, 4.69) is 6.07 Å². The van der Waals surface area contributed by atoms with Gasteiger partial charge in [0.05, 0.1) is 18.7 Å². The van der Waals surface area contributed by atoms with Crippen molar-refractivity contribution in [1.29, 1.82) is 0 Å². The number of amides is 1. The van der Waals surface area contributed by atoms with E-state index >= 15 is 0 Å². The van der Waals surface area contributed by atoms with Crippen molar-refractivity contribution in [2.24, 2.45) is 0 Å². The Bertz CT molecular complexity index is 1160. The van der Waals surface area contributed by atoms with Crippen LogP contribution in [0.15, 0.2) is 60.7 Å². The van der Waals surface area contributed by atoms with E-state index in [1.165, 1.54) is 0 Å². The van der Waals surface area contributed by atoms with Gasteiger partial charge in [0.2, 0.25) is 0 Å². The molecule has 158 valence electrons. The molecule has 3 aromatic rings. The molecule has 0 saturated carbocycles. The van der Waals surface area contributed by atoms with Crippen LogP contribution in [0.3, 0.4) is 0 Å². The van der Waals surface area contributed by atoms with Crippen LogP contribution in [0, 0.1) is 27.7 Å². The normalized spacial score (nSPS) is 17.7. The summed E-state index contributed by atoms with van der Waals surface area (Å²) in [5.74, 6) is -0.667. The molecule has 1 atom stereocenters. The highest BCUT2D eigenvalue weighted by Gasteiger charge is 2.51. The number of fused-ring (bicyclic) bond motifs is 1. The van der Waals surface area contributed by atoms with Gasteiger partial charge in [0.1, 0.15) is 0 Å². The number of hydrogen-bond donors (Lipinski definition) is 1. The first-order chi connectivity index (χ1) is 14.7. The third-order valence-electron chi connectivity index (χ3n) is 6.48. The summed E-state index contributed by atoms with van der Waals surface area (Å²) in [5.41, 5.74) is 4.70. The average Bonchev–Trinajstić information content (AvgIpc) is 2.95. The summed E-state index contributed by atoms with van der Waals surface area (Å²) >= 11 is 0. The highest BCUT2D eigenvalue weighted by molar-refractivity contribution is 6.11. The number of para-hydroxylation sites is 1. The minimum Gasteiger partial charge on any atom is -0.375 e. The SMILES string of the molecule is Cc1cc(C)c(C)c(C(=O)CC2(O)C(=O)N(Cc3ccccc3)c3ccccc32)c1C. The Kier molecular flexibility index (Phi) is 5.28. The first-order valence-corrected chi connectivity index (χ1v) is 10.5. The third kappa shape index (κ3) is 3.47. The van der Waals surface area contributed by atoms with Crippen molar-refractivity contribution in [2.45, 2.75) is 46.3 Å². The van der Waals surface area contributed by atoms with Gasteiger partial charge >= 0.3 is 0 Å². The molecule has 0 saturated heterocycles. The van der Waals surface area contributed by atoms with Crippen LogP contribution in [0.2, 0.25) is 0 Å². The first kappa shape index (κ1) is 21.0. The Balaban J connectivity index is 1.73. The second-order valence-corrected chi connectivity index (χ2v) is 8.49. The summed E-state index contributed by atoms with van der Waals surface area (Å²) in [5, 5.41) is 11.6. The Hall–Kier alpha value is -3.24. The molecule has 0 radical (unpaired) electrons. The van der Waals surface area contributed by atoms with E-state index in [-0.39, 0.29) is 12.2 Å². The number of carbonyl (C=O) groups excluding carboxylic acids is 2. The smallest absolute Gasteiger partial charge is 0.264 e. The molecule has 1 aliphatic heterocycles. The van der Waals surface area contributed by atoms with Crippen molar-refractivity contribution >= 4 is 17.4 Å². The van der Waals surface area contributed by atoms with E-state index < -0.39 is 11.5 Å². The van der Waals surface area contributed by atoms with E-state index in [1.807, 2.05) is 70.2 Å². The monoisotopic (exact) mass is 413 g/mol. The zero-order chi connectivity index (χ0) is 22.3. The molecule has 0 aliphatic carbocycles. The molecule has 3 aromatic carbocycles. The van der Waals surface area contributed by atoms with Crippen molar-refractivity contribution in [3.63, 3.8) is 0 Å². The van der Waals surface area contributed by atoms with Crippen LogP contribution in [0.25, 0.3) is 0 Å². The topological polar surface area (TPSA) is 57.6 Å². The van der Waals surface area contributed by atoms with Gasteiger partial charge in [-0.1, -0.05) is 54.6 Å². The van der Waals surface area contributed by atoms with E-state index in [9.17, 15) is 14.7 Å². The van der Waals surface area contributed by atoms with Crippen LogP contribution in [0.5, 0.6) is 0 Å². The molecule has 1 heterocycles. The number of Topliss-reactive ketones (excluding diaryl/α,β-unsaturated/α-hetero) is 1. The van der Waals surface area contributed by atoms with Gasteiger partial charge in [0.15, 0.2) is 11.4 Å². The zero-order valence-electron chi connectivity index (χ0n) is 18.4. The Labute approximate surface area is 183 Å². The van der Waals surface area contributed by atoms with Crippen molar-refractivity contribution < 1.29 is 14.7 Å². The molecule has 0 spiro atoms. The number of aliphatic hydroxyl groups is 1. The quantitative estimate of drug-likeness (QED) is 0.604. The van der Waals surface area contributed by atoms with Crippen molar-refractivity contribution in [3.8, 4) is 0 Å². The molecule has 4 nitrogen and oxygen atoms in total. The van der Waals surface area contributed by atoms with Gasteiger partial charge in [-0.15, -0.1) is 0 Å². The van der Waals surface area contributed by atoms with Crippen molar-refractivity contribution in [1.82, 2.24) is 0 Å². The maximum atomic E-state index is 13.5. The lowest BCUT2D eigenvalue weighted by atomic mass is 9.84. The van der Waals surface area contributed by atoms with Gasteiger partial charge in [-0.25, -0.2) is 0 Å². The van der Waals surface area contributed by atoms with E-state index in [4.69, 9.17) is 0 Å². The maximum Gasteiger partial charge on any atom is 0.264 e. The summed E-state index contributed by atoms with van der Waals surface area (Å²) < 4.78 is 0. The minimum atomic E-state index is -1.88. The largest absolute Gasteiger partial charge is 0.375 e. The Morgan fingerprint density at radius 3 is 2.13 bits per heavy atom. The van der Waals surface area contributed by atoms with Crippen molar-refractivity contribution in [2.75, 3.05) is 4.90 Å². The minimum absolute atomic E-state index is 0.214. The van der Waals surface area contributed by atoms with Crippen LogP contribution in [-0.2, 0) is 16.9 Å². The van der Waals surface area contributed by atoms with Crippen molar-refractivity contribution in [3.05, 3.63) is 99.6 Å². The number of benzene rings is 3. The molecule has 4 heteroatoms. The predicted molar refractivity (Wildman–Crippen MR) is 122 cm³/mol. The van der Waals surface area contributed by atoms with Gasteiger partial charge in [-0.2, -0.15) is 0 Å². The van der Waals surface area contributed by atoms with Gasteiger partial charge in [0.25, 0.3) is 5.91 Å². The summed E-state index contributed by atoms with van der Waals surface area (Å²) in [6.45, 7) is 8.14. The van der Waals surface area contributed by atoms with Crippen LogP contribution in [0.4, 0.5) is 5.69 Å². The number of aryl methyl sites for hydroxylation is 2. The van der Waals surface area contributed by atoms with Crippen LogP contribution < -0.4 is 4.90 Å². The van der Waals surface area contributed by atoms with Gasteiger partial charge in [-0.05, 0) is 61.6 Å². The molecule has 1 amide bonds. The van der Waals surface area contributed by atoms with Gasteiger partial charge in [0, 0.05) is 11.1 Å². The number of ketones is 1. The fourth-order valence-electron chi connectivity index (χ4n) is 4.56. The molecule has 1 N–H and O–H groups in total. The molecule has 1 unspecified atom stereocenters. The number of carbonyl (C=O) groups is 2. The zero-order valence-corrected chi connectivity index (χ0v) is 18.4. The maximum absolute atomic E-state index is 13.5. The lowest BCUT2D eigenvalue weighted by molar-refractivity contribution is -0.136. The van der Waals surface area contributed by atoms with E-state index in [1.54, 1.807) is 17.0 Å². The number of nitrogens with zero attached hydrogens (tertiary/aromatic N) is 1. The Morgan fingerprint density at radius 2 is 1.48 bits per heavy atom. The second kappa shape index (κ2) is 7.78. The lowest BCUT2D eigenvalue weighted by Crippen LogP contribution is -2.41. The predicted octanol–water partition coefficient (Wildman–Crippen LogP) is 4.93. The van der Waals surface area contributed by atoms with Crippen LogP contribution in [-0.4, -0.2) is 16.8 Å². The fourth-order valence-corrected chi connectivity index (χ4v) is 4.56. The van der Waals surface area contributed by atoms with Crippen LogP contribution in [0.1, 0.15) is 50.2 Å². The summed E-state index contributed by atoms with van der Waals surface area (Å²) in [4.78, 5) is 28.5. The van der Waals surface area contributed by atoms with Gasteiger partial charge in [-0.3, -0.25) is 9.59 Å². The standard InChI is InChI=1S/C27H27NO3/c1-17-14-18(2)20(4)25(19(17)3)24(29)15-27(31)22-12-8-9-13-23(22)28(26(27)30)16-21-10-6-5-7-11-21/h5-14,31H,15-16H2,1-4H3. The van der Waals surface area contributed by atoms with E-state index in [0.717, 1.165) is 27.8 Å². The lowest BCUT2D eigenvalue weighted by Gasteiger charge is -2.24. The van der Waals surface area contributed by atoms with Crippen LogP contribution >= 0.6 is 0 Å².